The zero-order valence-corrected chi connectivity index (χ0v) is 22.1. The number of methoxy groups -OCH3 is 1. The second kappa shape index (κ2) is 11.3. The first-order valence-electron chi connectivity index (χ1n) is 11.5. The van der Waals surface area contributed by atoms with Crippen LogP contribution in [-0.4, -0.2) is 38.2 Å². The molecule has 1 fully saturated rings. The van der Waals surface area contributed by atoms with Gasteiger partial charge in [-0.1, -0.05) is 40.2 Å². The van der Waals surface area contributed by atoms with Crippen molar-refractivity contribution in [2.45, 2.75) is 13.8 Å². The van der Waals surface area contributed by atoms with Crippen LogP contribution in [0, 0.1) is 13.8 Å². The molecule has 4 rings (SSSR count). The average Bonchev–Trinajstić information content (AvgIpc) is 2.87. The molecule has 0 radical (unpaired) electrons. The Kier molecular flexibility index (Phi) is 7.93. The van der Waals surface area contributed by atoms with Gasteiger partial charge in [0.05, 0.1) is 12.8 Å². The van der Waals surface area contributed by atoms with Crippen molar-refractivity contribution in [1.29, 1.82) is 0 Å². The van der Waals surface area contributed by atoms with Gasteiger partial charge in [-0.15, -0.1) is 0 Å². The summed E-state index contributed by atoms with van der Waals surface area (Å²) in [5.41, 5.74) is 2.79. The van der Waals surface area contributed by atoms with Crippen molar-refractivity contribution in [3.63, 3.8) is 0 Å². The maximum atomic E-state index is 13.1. The number of carbonyl (C=O) groups is 3. The molecule has 0 unspecified atom stereocenters. The monoisotopic (exact) mass is 564 g/mol. The van der Waals surface area contributed by atoms with Crippen LogP contribution in [0.3, 0.4) is 0 Å². The number of anilines is 1. The number of hydrogen-bond donors (Lipinski definition) is 1. The summed E-state index contributed by atoms with van der Waals surface area (Å²) in [6.07, 6.45) is 1.41. The van der Waals surface area contributed by atoms with E-state index in [9.17, 15) is 14.4 Å². The van der Waals surface area contributed by atoms with E-state index < -0.39 is 17.8 Å². The van der Waals surface area contributed by atoms with Crippen molar-refractivity contribution < 1.29 is 28.6 Å². The summed E-state index contributed by atoms with van der Waals surface area (Å²) in [6, 6.07) is 16.8. The van der Waals surface area contributed by atoms with Crippen molar-refractivity contribution in [3.05, 3.63) is 87.4 Å². The van der Waals surface area contributed by atoms with E-state index in [1.54, 1.807) is 42.5 Å². The molecule has 9 heteroatoms. The summed E-state index contributed by atoms with van der Waals surface area (Å²) in [6.45, 7) is 4.61. The molecule has 1 heterocycles. The van der Waals surface area contributed by atoms with E-state index in [0.29, 0.717) is 29.4 Å². The van der Waals surface area contributed by atoms with Crippen LogP contribution in [0.5, 0.6) is 17.2 Å². The first-order valence-corrected chi connectivity index (χ1v) is 12.2. The van der Waals surface area contributed by atoms with E-state index >= 15 is 0 Å². The molecule has 1 aliphatic rings. The number of rotatable bonds is 8. The second-order valence-electron chi connectivity index (χ2n) is 8.26. The predicted octanol–water partition coefficient (Wildman–Crippen LogP) is 5.20. The molecule has 0 saturated carbocycles. The maximum Gasteiger partial charge on any atom is 0.335 e. The number of barbiturate groups is 1. The molecule has 8 nitrogen and oxygen atoms in total. The highest BCUT2D eigenvalue weighted by Crippen LogP contribution is 2.30. The highest BCUT2D eigenvalue weighted by atomic mass is 79.9. The molecule has 0 aliphatic carbocycles. The summed E-state index contributed by atoms with van der Waals surface area (Å²) in [4.78, 5) is 38.9. The molecule has 1 N–H and O–H groups in total. The molecule has 0 aromatic heterocycles. The number of imide groups is 2. The molecule has 3 aromatic carbocycles. The fraction of sp³-hybridized carbons (Fsp3) is 0.179. The van der Waals surface area contributed by atoms with Gasteiger partial charge in [0.2, 0.25) is 0 Å². The zero-order chi connectivity index (χ0) is 26.5. The van der Waals surface area contributed by atoms with E-state index in [-0.39, 0.29) is 12.2 Å². The third-order valence-electron chi connectivity index (χ3n) is 5.68. The highest BCUT2D eigenvalue weighted by molar-refractivity contribution is 9.10. The van der Waals surface area contributed by atoms with Gasteiger partial charge in [-0.3, -0.25) is 14.9 Å². The number of carbonyl (C=O) groups excluding carboxylic acids is 3. The molecular weight excluding hydrogens is 540 g/mol. The predicted molar refractivity (Wildman–Crippen MR) is 143 cm³/mol. The molecule has 4 amide bonds. The minimum atomic E-state index is -0.807. The van der Waals surface area contributed by atoms with E-state index in [0.717, 1.165) is 26.2 Å². The molecule has 0 atom stereocenters. The van der Waals surface area contributed by atoms with Gasteiger partial charge in [0.25, 0.3) is 11.8 Å². The molecule has 1 aliphatic heterocycles. The Morgan fingerprint density at radius 1 is 0.892 bits per heavy atom. The van der Waals surface area contributed by atoms with Gasteiger partial charge in [0.15, 0.2) is 11.5 Å². The van der Waals surface area contributed by atoms with Crippen LogP contribution in [0.1, 0.15) is 16.7 Å². The van der Waals surface area contributed by atoms with Gasteiger partial charge < -0.3 is 14.2 Å². The normalized spacial score (nSPS) is 14.5. The lowest BCUT2D eigenvalue weighted by molar-refractivity contribution is -0.122. The zero-order valence-electron chi connectivity index (χ0n) is 20.5. The first kappa shape index (κ1) is 26.0. The van der Waals surface area contributed by atoms with E-state index in [4.69, 9.17) is 14.2 Å². The topological polar surface area (TPSA) is 94.2 Å². The lowest BCUT2D eigenvalue weighted by Crippen LogP contribution is -2.54. The van der Waals surface area contributed by atoms with Gasteiger partial charge >= 0.3 is 6.03 Å². The van der Waals surface area contributed by atoms with Crippen LogP contribution in [-0.2, 0) is 9.59 Å². The number of amides is 4. The number of aryl methyl sites for hydroxylation is 2. The fourth-order valence-corrected chi connectivity index (χ4v) is 4.13. The molecule has 1 saturated heterocycles. The Hall–Kier alpha value is -4.11. The number of benzene rings is 3. The van der Waals surface area contributed by atoms with Crippen LogP contribution in [0.2, 0.25) is 0 Å². The summed E-state index contributed by atoms with van der Waals surface area (Å²) in [5, 5.41) is 2.22. The Morgan fingerprint density at radius 3 is 2.24 bits per heavy atom. The van der Waals surface area contributed by atoms with E-state index in [2.05, 4.69) is 21.2 Å². The van der Waals surface area contributed by atoms with Crippen LogP contribution in [0.15, 0.2) is 70.7 Å². The van der Waals surface area contributed by atoms with Crippen LogP contribution < -0.4 is 24.4 Å². The molecule has 37 heavy (non-hydrogen) atoms. The Bertz CT molecular complexity index is 1360. The van der Waals surface area contributed by atoms with Gasteiger partial charge in [0, 0.05) is 4.47 Å². The maximum absolute atomic E-state index is 13.1. The lowest BCUT2D eigenvalue weighted by atomic mass is 10.1. The minimum Gasteiger partial charge on any atom is -0.493 e. The lowest BCUT2D eigenvalue weighted by Gasteiger charge is -2.26. The van der Waals surface area contributed by atoms with Crippen molar-refractivity contribution in [2.24, 2.45) is 0 Å². The van der Waals surface area contributed by atoms with Crippen LogP contribution in [0.25, 0.3) is 6.08 Å². The van der Waals surface area contributed by atoms with Gasteiger partial charge in [-0.25, -0.2) is 9.69 Å². The largest absolute Gasteiger partial charge is 0.493 e. The van der Waals surface area contributed by atoms with Crippen LogP contribution in [0.4, 0.5) is 10.5 Å². The van der Waals surface area contributed by atoms with Crippen molar-refractivity contribution >= 4 is 45.5 Å². The summed E-state index contributed by atoms with van der Waals surface area (Å²) < 4.78 is 18.0. The standard InChI is InChI=1S/C28H25BrN2O6/c1-17-5-4-6-18(2)25(17)37-14-13-36-23-12-7-19(16-24(23)35-3)15-22-26(32)30-28(34)31(27(22)33)21-10-8-20(29)9-11-21/h4-12,15-16H,13-14H2,1-3H3,(H,30,32,34)/b22-15-. The minimum absolute atomic E-state index is 0.180. The number of nitrogens with zero attached hydrogens (tertiary/aromatic N) is 1. The highest BCUT2D eigenvalue weighted by Gasteiger charge is 2.36. The number of hydrogen-bond acceptors (Lipinski definition) is 6. The smallest absolute Gasteiger partial charge is 0.335 e. The third-order valence-corrected chi connectivity index (χ3v) is 6.21. The second-order valence-corrected chi connectivity index (χ2v) is 9.18. The molecule has 3 aromatic rings. The third kappa shape index (κ3) is 5.83. The van der Waals surface area contributed by atoms with E-state index in [1.807, 2.05) is 32.0 Å². The summed E-state index contributed by atoms with van der Waals surface area (Å²) in [7, 11) is 1.50. The summed E-state index contributed by atoms with van der Waals surface area (Å²) in [5.74, 6) is 0.253. The summed E-state index contributed by atoms with van der Waals surface area (Å²) >= 11 is 3.32. The fourth-order valence-electron chi connectivity index (χ4n) is 3.86. The van der Waals surface area contributed by atoms with Gasteiger partial charge in [-0.2, -0.15) is 0 Å². The Balaban J connectivity index is 1.48. The first-order chi connectivity index (χ1) is 17.8. The Labute approximate surface area is 223 Å². The number of halogens is 1. The average molecular weight is 565 g/mol. The van der Waals surface area contributed by atoms with Gasteiger partial charge in [-0.05, 0) is 73.0 Å². The molecule has 190 valence electrons. The number of para-hydroxylation sites is 1. The van der Waals surface area contributed by atoms with Crippen LogP contribution >= 0.6 is 15.9 Å². The van der Waals surface area contributed by atoms with Crippen molar-refractivity contribution in [1.82, 2.24) is 5.32 Å². The molecular formula is C28H25BrN2O6. The Morgan fingerprint density at radius 2 is 1.57 bits per heavy atom. The van der Waals surface area contributed by atoms with E-state index in [1.165, 1.54) is 13.2 Å². The number of urea groups is 1. The number of nitrogens with one attached hydrogen (secondary N) is 1. The number of ether oxygens (including phenoxy) is 3. The molecule has 0 spiro atoms. The quantitative estimate of drug-likeness (QED) is 0.229. The van der Waals surface area contributed by atoms with Gasteiger partial charge in [0.1, 0.15) is 24.5 Å². The SMILES string of the molecule is COc1cc(/C=C2/C(=O)NC(=O)N(c3ccc(Br)cc3)C2=O)ccc1OCCOc1c(C)cccc1C. The van der Waals surface area contributed by atoms with Crippen molar-refractivity contribution in [2.75, 3.05) is 25.2 Å². The molecule has 0 bridgehead atoms. The van der Waals surface area contributed by atoms with Crippen molar-refractivity contribution in [3.8, 4) is 17.2 Å².